The molecule has 1 aliphatic rings. The maximum atomic E-state index is 13.5. The second-order valence-electron chi connectivity index (χ2n) is 5.44. The van der Waals surface area contributed by atoms with Crippen LogP contribution in [-0.2, 0) is 6.18 Å². The summed E-state index contributed by atoms with van der Waals surface area (Å²) < 4.78 is 45.9. The van der Waals surface area contributed by atoms with Crippen molar-refractivity contribution in [2.24, 2.45) is 5.11 Å². The van der Waals surface area contributed by atoms with Crippen LogP contribution in [0.3, 0.4) is 0 Å². The maximum absolute atomic E-state index is 13.5. The van der Waals surface area contributed by atoms with Gasteiger partial charge in [-0.25, -0.2) is 5.53 Å². The van der Waals surface area contributed by atoms with Crippen LogP contribution in [0.2, 0.25) is 0 Å². The van der Waals surface area contributed by atoms with Gasteiger partial charge in [0.05, 0.1) is 24.0 Å². The molecule has 0 bridgehead atoms. The molecule has 2 aromatic carbocycles. The van der Waals surface area contributed by atoms with Gasteiger partial charge in [0.15, 0.2) is 0 Å². The summed E-state index contributed by atoms with van der Waals surface area (Å²) in [6, 6.07) is 7.00. The molecule has 24 heavy (non-hydrogen) atoms. The van der Waals surface area contributed by atoms with Gasteiger partial charge >= 0.3 is 6.18 Å². The van der Waals surface area contributed by atoms with Crippen LogP contribution in [0.1, 0.15) is 23.7 Å². The second kappa shape index (κ2) is 5.79. The minimum Gasteiger partial charge on any atom is -0.493 e. The van der Waals surface area contributed by atoms with E-state index in [4.69, 9.17) is 16.0 Å². The molecule has 1 atom stereocenters. The third kappa shape index (κ3) is 2.69. The molecule has 4 N–H and O–H groups in total. The molecule has 1 heterocycles. The van der Waals surface area contributed by atoms with Crippen molar-refractivity contribution in [1.29, 1.82) is 5.53 Å². The number of benzene rings is 2. The average molecular weight is 337 g/mol. The van der Waals surface area contributed by atoms with Crippen LogP contribution in [-0.4, -0.2) is 11.7 Å². The zero-order valence-electron chi connectivity index (χ0n) is 12.4. The highest BCUT2D eigenvalue weighted by Crippen LogP contribution is 2.46. The highest BCUT2D eigenvalue weighted by Gasteiger charge is 2.38. The molecule has 1 aliphatic heterocycles. The Morgan fingerprint density at radius 2 is 2.00 bits per heavy atom. The Balaban J connectivity index is 2.22. The van der Waals surface area contributed by atoms with Gasteiger partial charge in [-0.2, -0.15) is 18.3 Å². The molecular formula is C16H14F3N3O2. The Bertz CT molecular complexity index is 806. The van der Waals surface area contributed by atoms with Gasteiger partial charge < -0.3 is 15.6 Å². The summed E-state index contributed by atoms with van der Waals surface area (Å²) in [5.41, 5.74) is 11.3. The molecule has 0 fully saturated rings. The van der Waals surface area contributed by atoms with E-state index in [0.29, 0.717) is 24.3 Å². The van der Waals surface area contributed by atoms with E-state index in [2.05, 4.69) is 5.11 Å². The molecule has 0 aliphatic carbocycles. The first-order valence-electron chi connectivity index (χ1n) is 7.15. The number of halogens is 3. The van der Waals surface area contributed by atoms with Gasteiger partial charge in [0.2, 0.25) is 0 Å². The number of aliphatic hydroxyl groups excluding tert-OH is 1. The van der Waals surface area contributed by atoms with Crippen LogP contribution < -0.4 is 10.5 Å². The van der Waals surface area contributed by atoms with E-state index in [-0.39, 0.29) is 16.8 Å². The molecule has 0 amide bonds. The summed E-state index contributed by atoms with van der Waals surface area (Å²) in [6.45, 7) is 0.290. The predicted molar refractivity (Wildman–Crippen MR) is 81.2 cm³/mol. The van der Waals surface area contributed by atoms with Crippen LogP contribution in [0.5, 0.6) is 5.75 Å². The van der Waals surface area contributed by atoms with E-state index >= 15 is 0 Å². The number of hydrogen-bond donors (Lipinski definition) is 3. The highest BCUT2D eigenvalue weighted by atomic mass is 19.4. The van der Waals surface area contributed by atoms with Gasteiger partial charge in [0, 0.05) is 12.0 Å². The van der Waals surface area contributed by atoms with E-state index in [1.165, 1.54) is 24.3 Å². The number of nitrogen functional groups attached to an aromatic ring is 1. The number of nitrogens with two attached hydrogens (primary N) is 1. The molecule has 0 saturated heterocycles. The van der Waals surface area contributed by atoms with Crippen LogP contribution in [0, 0.1) is 5.53 Å². The number of rotatable bonds is 2. The summed E-state index contributed by atoms with van der Waals surface area (Å²) in [4.78, 5) is 0. The topological polar surface area (TPSA) is 91.7 Å². The molecule has 5 nitrogen and oxygen atoms in total. The Hall–Kier alpha value is -2.61. The standard InChI is InChI=1S/C16H14F3N3O2/c17-16(18,19)14-9(3-4-11(20)15(14)22-21)8-1-2-10-12(23)5-6-24-13(10)7-8/h1-4,7,12,21,23H,5-6,20H2. The van der Waals surface area contributed by atoms with Crippen molar-refractivity contribution in [3.8, 4) is 16.9 Å². The quantitative estimate of drug-likeness (QED) is 0.559. The number of aliphatic hydroxyl groups is 1. The third-order valence-electron chi connectivity index (χ3n) is 3.94. The smallest absolute Gasteiger partial charge is 0.419 e. The number of hydrogen-bond acceptors (Lipinski definition) is 5. The summed E-state index contributed by atoms with van der Waals surface area (Å²) in [6.07, 6.45) is -4.99. The van der Waals surface area contributed by atoms with Crippen molar-refractivity contribution >= 4 is 11.4 Å². The molecule has 8 heteroatoms. The highest BCUT2D eigenvalue weighted by molar-refractivity contribution is 5.81. The number of anilines is 1. The second-order valence-corrected chi connectivity index (χ2v) is 5.44. The summed E-state index contributed by atoms with van der Waals surface area (Å²) in [5.74, 6) is 0.348. The fourth-order valence-electron chi connectivity index (χ4n) is 2.79. The largest absolute Gasteiger partial charge is 0.493 e. The van der Waals surface area contributed by atoms with Crippen molar-refractivity contribution in [3.63, 3.8) is 0 Å². The van der Waals surface area contributed by atoms with E-state index < -0.39 is 23.5 Å². The first kappa shape index (κ1) is 16.3. The van der Waals surface area contributed by atoms with E-state index in [0.717, 1.165) is 0 Å². The van der Waals surface area contributed by atoms with Crippen molar-refractivity contribution < 1.29 is 23.0 Å². The lowest BCUT2D eigenvalue weighted by Crippen LogP contribution is -2.14. The molecule has 2 aromatic rings. The third-order valence-corrected chi connectivity index (χ3v) is 3.94. The number of alkyl halides is 3. The normalized spacial score (nSPS) is 17.1. The Morgan fingerprint density at radius 1 is 1.25 bits per heavy atom. The van der Waals surface area contributed by atoms with E-state index in [1.807, 2.05) is 0 Å². The minimum atomic E-state index is -4.72. The first-order valence-corrected chi connectivity index (χ1v) is 7.15. The maximum Gasteiger partial charge on any atom is 0.419 e. The zero-order valence-corrected chi connectivity index (χ0v) is 12.4. The van der Waals surface area contributed by atoms with Crippen molar-refractivity contribution in [2.75, 3.05) is 12.3 Å². The number of fused-ring (bicyclic) bond motifs is 1. The summed E-state index contributed by atoms with van der Waals surface area (Å²) >= 11 is 0. The van der Waals surface area contributed by atoms with Crippen molar-refractivity contribution in [3.05, 3.63) is 41.5 Å². The Morgan fingerprint density at radius 3 is 2.67 bits per heavy atom. The molecule has 3 rings (SSSR count). The van der Waals surface area contributed by atoms with E-state index in [9.17, 15) is 18.3 Å². The van der Waals surface area contributed by atoms with Crippen LogP contribution >= 0.6 is 0 Å². The van der Waals surface area contributed by atoms with Crippen molar-refractivity contribution in [1.82, 2.24) is 0 Å². The minimum absolute atomic E-state index is 0.144. The molecule has 0 aromatic heterocycles. The fraction of sp³-hybridized carbons (Fsp3) is 0.250. The number of ether oxygens (including phenoxy) is 1. The van der Waals surface area contributed by atoms with Crippen molar-refractivity contribution in [2.45, 2.75) is 18.7 Å². The van der Waals surface area contributed by atoms with Crippen LogP contribution in [0.15, 0.2) is 35.4 Å². The summed E-state index contributed by atoms with van der Waals surface area (Å²) in [5, 5.41) is 12.9. The van der Waals surface area contributed by atoms with Gasteiger partial charge in [0.25, 0.3) is 0 Å². The predicted octanol–water partition coefficient (Wildman–Crippen LogP) is 4.43. The lowest BCUT2D eigenvalue weighted by atomic mass is 9.94. The van der Waals surface area contributed by atoms with Gasteiger partial charge in [-0.3, -0.25) is 0 Å². The fourth-order valence-corrected chi connectivity index (χ4v) is 2.79. The van der Waals surface area contributed by atoms with Gasteiger partial charge in [-0.1, -0.05) is 18.2 Å². The van der Waals surface area contributed by atoms with Gasteiger partial charge in [-0.15, -0.1) is 0 Å². The Kier molecular flexibility index (Phi) is 3.92. The van der Waals surface area contributed by atoms with Gasteiger partial charge in [-0.05, 0) is 23.3 Å². The SMILES string of the molecule is N=Nc1c(N)ccc(-c2ccc3c(c2)OCCC3O)c1C(F)(F)F. The monoisotopic (exact) mass is 337 g/mol. The lowest BCUT2D eigenvalue weighted by Gasteiger charge is -2.23. The molecule has 0 saturated carbocycles. The molecular weight excluding hydrogens is 323 g/mol. The molecule has 0 radical (unpaired) electrons. The lowest BCUT2D eigenvalue weighted by molar-refractivity contribution is -0.136. The first-order chi connectivity index (χ1) is 11.3. The van der Waals surface area contributed by atoms with E-state index in [1.54, 1.807) is 6.07 Å². The molecule has 126 valence electrons. The van der Waals surface area contributed by atoms with Gasteiger partial charge in [0.1, 0.15) is 11.4 Å². The average Bonchev–Trinajstić information content (AvgIpc) is 2.53. The Labute approximate surface area is 135 Å². The summed E-state index contributed by atoms with van der Waals surface area (Å²) in [7, 11) is 0. The molecule has 0 spiro atoms. The van der Waals surface area contributed by atoms with Crippen LogP contribution in [0.25, 0.3) is 11.1 Å². The zero-order chi connectivity index (χ0) is 17.5. The molecule has 1 unspecified atom stereocenters. The number of nitrogens with zero attached hydrogens (tertiary/aromatic N) is 1. The van der Waals surface area contributed by atoms with Crippen LogP contribution in [0.4, 0.5) is 24.5 Å². The number of nitrogens with one attached hydrogen (secondary N) is 1.